The molecule has 1 aromatic heterocycles. The molecular formula is C15H15N3O2S. The number of thiazole rings is 1. The van der Waals surface area contributed by atoms with Crippen LogP contribution in [0.25, 0.3) is 0 Å². The van der Waals surface area contributed by atoms with Crippen molar-refractivity contribution in [2.75, 3.05) is 10.6 Å². The molecule has 0 saturated carbocycles. The summed E-state index contributed by atoms with van der Waals surface area (Å²) in [5, 5.41) is 8.03. The highest BCUT2D eigenvalue weighted by Gasteiger charge is 2.26. The SMILES string of the molecule is O=C(CCC1Cc2ccccc2NC1=O)Nc1nccs1. The van der Waals surface area contributed by atoms with Gasteiger partial charge in [-0.3, -0.25) is 9.59 Å². The molecule has 1 aliphatic rings. The molecule has 1 aliphatic heterocycles. The van der Waals surface area contributed by atoms with Crippen LogP contribution in [0.4, 0.5) is 10.8 Å². The maximum absolute atomic E-state index is 12.0. The molecule has 1 atom stereocenters. The van der Waals surface area contributed by atoms with Gasteiger partial charge in [0.2, 0.25) is 11.8 Å². The van der Waals surface area contributed by atoms with Crippen molar-refractivity contribution in [3.8, 4) is 0 Å². The number of nitrogens with zero attached hydrogens (tertiary/aromatic N) is 1. The molecule has 0 bridgehead atoms. The van der Waals surface area contributed by atoms with E-state index in [4.69, 9.17) is 0 Å². The van der Waals surface area contributed by atoms with Crippen molar-refractivity contribution in [3.05, 3.63) is 41.4 Å². The Bertz CT molecular complexity index is 655. The second kappa shape index (κ2) is 6.05. The molecule has 1 aromatic carbocycles. The van der Waals surface area contributed by atoms with Gasteiger partial charge in [-0.2, -0.15) is 0 Å². The Balaban J connectivity index is 1.56. The van der Waals surface area contributed by atoms with Crippen LogP contribution < -0.4 is 10.6 Å². The Morgan fingerprint density at radius 2 is 2.29 bits per heavy atom. The maximum atomic E-state index is 12.0. The first-order valence-corrected chi connectivity index (χ1v) is 7.68. The zero-order valence-electron chi connectivity index (χ0n) is 11.3. The summed E-state index contributed by atoms with van der Waals surface area (Å²) in [7, 11) is 0. The van der Waals surface area contributed by atoms with Gasteiger partial charge in [0.25, 0.3) is 0 Å². The van der Waals surface area contributed by atoms with E-state index in [0.29, 0.717) is 24.4 Å². The largest absolute Gasteiger partial charge is 0.326 e. The minimum Gasteiger partial charge on any atom is -0.326 e. The number of rotatable bonds is 4. The molecule has 0 fully saturated rings. The third-order valence-corrected chi connectivity index (χ3v) is 4.20. The smallest absolute Gasteiger partial charge is 0.227 e. The number of benzene rings is 1. The van der Waals surface area contributed by atoms with Crippen LogP contribution in [0.5, 0.6) is 0 Å². The molecule has 0 spiro atoms. The first-order valence-electron chi connectivity index (χ1n) is 6.80. The Morgan fingerprint density at radius 3 is 3.10 bits per heavy atom. The van der Waals surface area contributed by atoms with Gasteiger partial charge in [-0.25, -0.2) is 4.98 Å². The normalized spacial score (nSPS) is 17.0. The summed E-state index contributed by atoms with van der Waals surface area (Å²) < 4.78 is 0. The van der Waals surface area contributed by atoms with Gasteiger partial charge in [0.1, 0.15) is 0 Å². The number of carbonyl (C=O) groups excluding carboxylic acids is 2. The number of amides is 2. The highest BCUT2D eigenvalue weighted by atomic mass is 32.1. The first kappa shape index (κ1) is 13.8. The van der Waals surface area contributed by atoms with E-state index in [0.717, 1.165) is 11.3 Å². The summed E-state index contributed by atoms with van der Waals surface area (Å²) in [6.45, 7) is 0. The quantitative estimate of drug-likeness (QED) is 0.912. The fraction of sp³-hybridized carbons (Fsp3) is 0.267. The molecule has 6 heteroatoms. The second-order valence-electron chi connectivity index (χ2n) is 4.97. The van der Waals surface area contributed by atoms with E-state index in [2.05, 4.69) is 15.6 Å². The van der Waals surface area contributed by atoms with Crippen molar-refractivity contribution in [2.24, 2.45) is 5.92 Å². The van der Waals surface area contributed by atoms with Crippen LogP contribution in [0.2, 0.25) is 0 Å². The predicted octanol–water partition coefficient (Wildman–Crippen LogP) is 2.67. The van der Waals surface area contributed by atoms with Gasteiger partial charge < -0.3 is 10.6 Å². The molecule has 21 heavy (non-hydrogen) atoms. The average Bonchev–Trinajstić information content (AvgIpc) is 2.98. The Morgan fingerprint density at radius 1 is 1.43 bits per heavy atom. The monoisotopic (exact) mass is 301 g/mol. The van der Waals surface area contributed by atoms with Gasteiger partial charge in [-0.05, 0) is 24.5 Å². The summed E-state index contributed by atoms with van der Waals surface area (Å²) >= 11 is 1.38. The standard InChI is InChI=1S/C15H15N3O2S/c19-13(18-15-16-7-8-21-15)6-5-11-9-10-3-1-2-4-12(10)17-14(11)20/h1-4,7-8,11H,5-6,9H2,(H,17,20)(H,16,18,19). The van der Waals surface area contributed by atoms with Crippen molar-refractivity contribution < 1.29 is 9.59 Å². The molecule has 0 aliphatic carbocycles. The summed E-state index contributed by atoms with van der Waals surface area (Å²) in [6.07, 6.45) is 3.19. The minimum atomic E-state index is -0.151. The molecule has 2 amide bonds. The lowest BCUT2D eigenvalue weighted by Crippen LogP contribution is -2.30. The third kappa shape index (κ3) is 3.28. The van der Waals surface area contributed by atoms with Crippen molar-refractivity contribution >= 4 is 34.0 Å². The maximum Gasteiger partial charge on any atom is 0.227 e. The lowest BCUT2D eigenvalue weighted by molar-refractivity contribution is -0.121. The highest BCUT2D eigenvalue weighted by Crippen LogP contribution is 2.27. The third-order valence-electron chi connectivity index (χ3n) is 3.51. The topological polar surface area (TPSA) is 71.1 Å². The highest BCUT2D eigenvalue weighted by molar-refractivity contribution is 7.13. The van der Waals surface area contributed by atoms with Gasteiger partial charge in [0.15, 0.2) is 5.13 Å². The van der Waals surface area contributed by atoms with E-state index < -0.39 is 0 Å². The average molecular weight is 301 g/mol. The number of hydrogen-bond acceptors (Lipinski definition) is 4. The number of aromatic nitrogens is 1. The van der Waals surface area contributed by atoms with Crippen LogP contribution in [-0.4, -0.2) is 16.8 Å². The first-order chi connectivity index (χ1) is 10.2. The van der Waals surface area contributed by atoms with Crippen LogP contribution in [0.15, 0.2) is 35.8 Å². The minimum absolute atomic E-state index is 0.00394. The molecule has 1 unspecified atom stereocenters. The molecule has 2 heterocycles. The van der Waals surface area contributed by atoms with Crippen LogP contribution >= 0.6 is 11.3 Å². The fourth-order valence-corrected chi connectivity index (χ4v) is 2.96. The fourth-order valence-electron chi connectivity index (χ4n) is 2.42. The van der Waals surface area contributed by atoms with Gasteiger partial charge in [0.05, 0.1) is 0 Å². The summed E-state index contributed by atoms with van der Waals surface area (Å²) in [6, 6.07) is 7.78. The molecule has 2 aromatic rings. The van der Waals surface area contributed by atoms with E-state index in [9.17, 15) is 9.59 Å². The van der Waals surface area contributed by atoms with Crippen LogP contribution in [0, 0.1) is 5.92 Å². The number of anilines is 2. The second-order valence-corrected chi connectivity index (χ2v) is 5.87. The predicted molar refractivity (Wildman–Crippen MR) is 82.2 cm³/mol. The van der Waals surface area contributed by atoms with Crippen molar-refractivity contribution in [1.82, 2.24) is 4.98 Å². The van der Waals surface area contributed by atoms with Crippen molar-refractivity contribution in [2.45, 2.75) is 19.3 Å². The van der Waals surface area contributed by atoms with E-state index in [1.807, 2.05) is 24.3 Å². The Hall–Kier alpha value is -2.21. The van der Waals surface area contributed by atoms with Gasteiger partial charge in [0, 0.05) is 29.6 Å². The Labute approximate surface area is 126 Å². The molecule has 2 N–H and O–H groups in total. The lowest BCUT2D eigenvalue weighted by Gasteiger charge is -2.24. The van der Waals surface area contributed by atoms with Crippen molar-refractivity contribution in [1.29, 1.82) is 0 Å². The van der Waals surface area contributed by atoms with E-state index in [-0.39, 0.29) is 17.7 Å². The molecular weight excluding hydrogens is 286 g/mol. The summed E-state index contributed by atoms with van der Waals surface area (Å²) in [5.41, 5.74) is 2.01. The molecule has 3 rings (SSSR count). The van der Waals surface area contributed by atoms with Gasteiger partial charge >= 0.3 is 0 Å². The van der Waals surface area contributed by atoms with Gasteiger partial charge in [-0.15, -0.1) is 11.3 Å². The number of fused-ring (bicyclic) bond motifs is 1. The number of nitrogens with one attached hydrogen (secondary N) is 2. The van der Waals surface area contributed by atoms with E-state index in [1.54, 1.807) is 11.6 Å². The number of hydrogen-bond donors (Lipinski definition) is 2. The molecule has 5 nitrogen and oxygen atoms in total. The van der Waals surface area contributed by atoms with Crippen LogP contribution in [0.1, 0.15) is 18.4 Å². The summed E-state index contributed by atoms with van der Waals surface area (Å²) in [5.74, 6) is -0.255. The zero-order valence-corrected chi connectivity index (χ0v) is 12.2. The van der Waals surface area contributed by atoms with Crippen molar-refractivity contribution in [3.63, 3.8) is 0 Å². The van der Waals surface area contributed by atoms with Gasteiger partial charge in [-0.1, -0.05) is 18.2 Å². The summed E-state index contributed by atoms with van der Waals surface area (Å²) in [4.78, 5) is 27.9. The van der Waals surface area contributed by atoms with E-state index >= 15 is 0 Å². The number of carbonyl (C=O) groups is 2. The molecule has 108 valence electrons. The van der Waals surface area contributed by atoms with Crippen LogP contribution in [0.3, 0.4) is 0 Å². The Kier molecular flexibility index (Phi) is 3.96. The number of para-hydroxylation sites is 1. The lowest BCUT2D eigenvalue weighted by atomic mass is 9.89. The zero-order chi connectivity index (χ0) is 14.7. The molecule has 0 radical (unpaired) electrons. The van der Waals surface area contributed by atoms with Crippen LogP contribution in [-0.2, 0) is 16.0 Å². The van der Waals surface area contributed by atoms with E-state index in [1.165, 1.54) is 11.3 Å². The molecule has 0 saturated heterocycles.